The molecule has 0 bridgehead atoms. The molecule has 0 atom stereocenters. The van der Waals surface area contributed by atoms with Crippen LogP contribution in [0.15, 0.2) is 55.1 Å². The minimum atomic E-state index is -0.213. The molecular weight excluding hydrogens is 187 g/mol. The Morgan fingerprint density at radius 2 is 1.60 bits per heavy atom. The molecule has 0 fully saturated rings. The van der Waals surface area contributed by atoms with Crippen LogP contribution in [0.5, 0.6) is 0 Å². The van der Waals surface area contributed by atoms with Gasteiger partial charge in [-0.05, 0) is 28.8 Å². The van der Waals surface area contributed by atoms with Crippen LogP contribution in [0.1, 0.15) is 5.56 Å². The second kappa shape index (κ2) is 4.09. The molecule has 74 valence electrons. The monoisotopic (exact) mass is 198 g/mol. The van der Waals surface area contributed by atoms with Gasteiger partial charge in [0.1, 0.15) is 5.82 Å². The van der Waals surface area contributed by atoms with Crippen molar-refractivity contribution in [2.24, 2.45) is 0 Å². The van der Waals surface area contributed by atoms with Gasteiger partial charge in [-0.2, -0.15) is 0 Å². The maximum atomic E-state index is 12.8. The van der Waals surface area contributed by atoms with Crippen molar-refractivity contribution in [2.75, 3.05) is 0 Å². The van der Waals surface area contributed by atoms with Crippen molar-refractivity contribution in [3.05, 3.63) is 66.5 Å². The standard InChI is InChI=1S/C14H11F/c1-2-11-5-3-4-6-14(11)12-7-9-13(15)10-8-12/h2-10H,1H2. The quantitative estimate of drug-likeness (QED) is 0.680. The summed E-state index contributed by atoms with van der Waals surface area (Å²) in [5.41, 5.74) is 3.14. The third kappa shape index (κ3) is 1.96. The molecule has 0 saturated carbocycles. The minimum Gasteiger partial charge on any atom is -0.207 e. The van der Waals surface area contributed by atoms with Crippen molar-refractivity contribution >= 4 is 6.08 Å². The Kier molecular flexibility index (Phi) is 2.64. The zero-order valence-corrected chi connectivity index (χ0v) is 8.28. The molecule has 0 aliphatic carbocycles. The highest BCUT2D eigenvalue weighted by molar-refractivity contribution is 5.74. The molecule has 0 spiro atoms. The van der Waals surface area contributed by atoms with Gasteiger partial charge in [-0.25, -0.2) is 4.39 Å². The largest absolute Gasteiger partial charge is 0.207 e. The van der Waals surface area contributed by atoms with Crippen LogP contribution in [0.2, 0.25) is 0 Å². The van der Waals surface area contributed by atoms with Crippen LogP contribution in [0.4, 0.5) is 4.39 Å². The van der Waals surface area contributed by atoms with Gasteiger partial charge in [0, 0.05) is 0 Å². The van der Waals surface area contributed by atoms with Crippen LogP contribution in [0, 0.1) is 5.82 Å². The van der Waals surface area contributed by atoms with E-state index in [1.54, 1.807) is 18.2 Å². The molecule has 0 nitrogen and oxygen atoms in total. The van der Waals surface area contributed by atoms with Crippen LogP contribution in [0.3, 0.4) is 0 Å². The molecule has 2 rings (SSSR count). The molecule has 0 aliphatic heterocycles. The molecule has 0 saturated heterocycles. The highest BCUT2D eigenvalue weighted by Crippen LogP contribution is 2.24. The maximum absolute atomic E-state index is 12.8. The summed E-state index contributed by atoms with van der Waals surface area (Å²) in [6.07, 6.45) is 1.80. The molecular formula is C14H11F. The van der Waals surface area contributed by atoms with Gasteiger partial charge < -0.3 is 0 Å². The molecule has 0 N–H and O–H groups in total. The summed E-state index contributed by atoms with van der Waals surface area (Å²) < 4.78 is 12.8. The molecule has 2 aromatic carbocycles. The fraction of sp³-hybridized carbons (Fsp3) is 0. The molecule has 0 heterocycles. The maximum Gasteiger partial charge on any atom is 0.123 e. The van der Waals surface area contributed by atoms with Gasteiger partial charge >= 0.3 is 0 Å². The second-order valence-electron chi connectivity index (χ2n) is 3.30. The van der Waals surface area contributed by atoms with E-state index in [1.807, 2.05) is 24.3 Å². The number of halogens is 1. The van der Waals surface area contributed by atoms with E-state index in [0.717, 1.165) is 16.7 Å². The first kappa shape index (κ1) is 9.66. The van der Waals surface area contributed by atoms with Gasteiger partial charge in [-0.15, -0.1) is 0 Å². The average molecular weight is 198 g/mol. The summed E-state index contributed by atoms with van der Waals surface area (Å²) in [6, 6.07) is 14.4. The number of hydrogen-bond donors (Lipinski definition) is 0. The highest BCUT2D eigenvalue weighted by Gasteiger charge is 2.01. The van der Waals surface area contributed by atoms with Crippen LogP contribution >= 0.6 is 0 Å². The Bertz CT molecular complexity index is 469. The highest BCUT2D eigenvalue weighted by atomic mass is 19.1. The van der Waals surface area contributed by atoms with Crippen molar-refractivity contribution in [3.8, 4) is 11.1 Å². The average Bonchev–Trinajstić information content (AvgIpc) is 2.30. The van der Waals surface area contributed by atoms with Crippen LogP contribution in [-0.4, -0.2) is 0 Å². The van der Waals surface area contributed by atoms with Crippen LogP contribution in [0.25, 0.3) is 17.2 Å². The molecule has 2 aromatic rings. The number of rotatable bonds is 2. The van der Waals surface area contributed by atoms with E-state index in [2.05, 4.69) is 6.58 Å². The first-order valence-corrected chi connectivity index (χ1v) is 4.78. The molecule has 0 aliphatic rings. The van der Waals surface area contributed by atoms with Crippen molar-refractivity contribution in [2.45, 2.75) is 0 Å². The summed E-state index contributed by atoms with van der Waals surface area (Å²) in [7, 11) is 0. The van der Waals surface area contributed by atoms with Crippen LogP contribution < -0.4 is 0 Å². The van der Waals surface area contributed by atoms with Gasteiger partial charge in [-0.3, -0.25) is 0 Å². The van der Waals surface area contributed by atoms with E-state index in [9.17, 15) is 4.39 Å². The van der Waals surface area contributed by atoms with E-state index in [4.69, 9.17) is 0 Å². The van der Waals surface area contributed by atoms with E-state index in [1.165, 1.54) is 12.1 Å². The van der Waals surface area contributed by atoms with Crippen LogP contribution in [-0.2, 0) is 0 Å². The van der Waals surface area contributed by atoms with Crippen molar-refractivity contribution < 1.29 is 4.39 Å². The molecule has 0 radical (unpaired) electrons. The van der Waals surface area contributed by atoms with Gasteiger partial charge in [0.25, 0.3) is 0 Å². The summed E-state index contributed by atoms with van der Waals surface area (Å²) in [4.78, 5) is 0. The molecule has 1 heteroatoms. The molecule has 15 heavy (non-hydrogen) atoms. The Morgan fingerprint density at radius 1 is 0.933 bits per heavy atom. The topological polar surface area (TPSA) is 0 Å². The lowest BCUT2D eigenvalue weighted by molar-refractivity contribution is 0.628. The minimum absolute atomic E-state index is 0.213. The SMILES string of the molecule is C=Cc1ccccc1-c1ccc(F)cc1. The lowest BCUT2D eigenvalue weighted by Gasteiger charge is -2.05. The summed E-state index contributed by atoms with van der Waals surface area (Å²) in [5.74, 6) is -0.213. The first-order valence-electron chi connectivity index (χ1n) is 4.78. The number of hydrogen-bond acceptors (Lipinski definition) is 0. The van der Waals surface area contributed by atoms with E-state index < -0.39 is 0 Å². The summed E-state index contributed by atoms with van der Waals surface area (Å²) >= 11 is 0. The molecule has 0 amide bonds. The van der Waals surface area contributed by atoms with Gasteiger partial charge in [0.05, 0.1) is 0 Å². The normalized spacial score (nSPS) is 9.93. The summed E-state index contributed by atoms with van der Waals surface area (Å²) in [5, 5.41) is 0. The second-order valence-corrected chi connectivity index (χ2v) is 3.30. The third-order valence-electron chi connectivity index (χ3n) is 2.34. The zero-order valence-electron chi connectivity index (χ0n) is 8.28. The third-order valence-corrected chi connectivity index (χ3v) is 2.34. The van der Waals surface area contributed by atoms with Gasteiger partial charge in [0.2, 0.25) is 0 Å². The summed E-state index contributed by atoms with van der Waals surface area (Å²) in [6.45, 7) is 3.76. The van der Waals surface area contributed by atoms with E-state index in [-0.39, 0.29) is 5.82 Å². The zero-order chi connectivity index (χ0) is 10.7. The van der Waals surface area contributed by atoms with Crippen molar-refractivity contribution in [3.63, 3.8) is 0 Å². The molecule has 0 unspecified atom stereocenters. The Balaban J connectivity index is 2.53. The fourth-order valence-electron chi connectivity index (χ4n) is 1.57. The van der Waals surface area contributed by atoms with Crippen molar-refractivity contribution in [1.82, 2.24) is 0 Å². The lowest BCUT2D eigenvalue weighted by atomic mass is 10.00. The lowest BCUT2D eigenvalue weighted by Crippen LogP contribution is -1.82. The Morgan fingerprint density at radius 3 is 2.27 bits per heavy atom. The van der Waals surface area contributed by atoms with Gasteiger partial charge in [-0.1, -0.05) is 49.1 Å². The molecule has 0 aromatic heterocycles. The van der Waals surface area contributed by atoms with E-state index in [0.29, 0.717) is 0 Å². The number of benzene rings is 2. The Hall–Kier alpha value is -1.89. The predicted octanol–water partition coefficient (Wildman–Crippen LogP) is 4.14. The van der Waals surface area contributed by atoms with E-state index >= 15 is 0 Å². The predicted molar refractivity (Wildman–Crippen MR) is 61.9 cm³/mol. The first-order chi connectivity index (χ1) is 7.31. The fourth-order valence-corrected chi connectivity index (χ4v) is 1.57. The van der Waals surface area contributed by atoms with Gasteiger partial charge in [0.15, 0.2) is 0 Å². The smallest absolute Gasteiger partial charge is 0.123 e. The Labute approximate surface area is 88.7 Å². The van der Waals surface area contributed by atoms with Crippen molar-refractivity contribution in [1.29, 1.82) is 0 Å².